The van der Waals surface area contributed by atoms with E-state index in [1.165, 1.54) is 5.56 Å². The molecule has 2 aromatic heterocycles. The van der Waals surface area contributed by atoms with Gasteiger partial charge in [-0.1, -0.05) is 50.2 Å². The minimum atomic E-state index is 0.256. The number of piperidine rings is 1. The Kier molecular flexibility index (Phi) is 6.55. The summed E-state index contributed by atoms with van der Waals surface area (Å²) >= 11 is 0. The number of rotatable bonds is 7. The molecule has 182 valence electrons. The van der Waals surface area contributed by atoms with Gasteiger partial charge in [-0.05, 0) is 42.5 Å². The molecule has 3 heterocycles. The first-order chi connectivity index (χ1) is 17.0. The van der Waals surface area contributed by atoms with Gasteiger partial charge in [0.05, 0.1) is 6.20 Å². The number of nitrogens with one attached hydrogen (secondary N) is 1. The maximum absolute atomic E-state index is 6.14. The van der Waals surface area contributed by atoms with E-state index in [1.54, 1.807) is 0 Å². The molecule has 0 atom stereocenters. The molecule has 35 heavy (non-hydrogen) atoms. The molecular weight excluding hydrogens is 436 g/mol. The summed E-state index contributed by atoms with van der Waals surface area (Å²) in [7, 11) is 2.10. The number of benzene rings is 2. The van der Waals surface area contributed by atoms with Crippen LogP contribution in [0.25, 0.3) is 5.65 Å². The van der Waals surface area contributed by atoms with E-state index in [0.717, 1.165) is 54.5 Å². The molecule has 0 amide bonds. The largest absolute Gasteiger partial charge is 0.350 e. The van der Waals surface area contributed by atoms with Gasteiger partial charge in [0, 0.05) is 49.7 Å². The maximum atomic E-state index is 6.14. The van der Waals surface area contributed by atoms with E-state index in [4.69, 9.17) is 15.7 Å². The van der Waals surface area contributed by atoms with E-state index < -0.39 is 0 Å². The van der Waals surface area contributed by atoms with E-state index in [2.05, 4.69) is 89.6 Å². The van der Waals surface area contributed by atoms with Gasteiger partial charge in [0.15, 0.2) is 5.65 Å². The van der Waals surface area contributed by atoms with E-state index in [9.17, 15) is 0 Å². The summed E-state index contributed by atoms with van der Waals surface area (Å²) in [4.78, 5) is 14.3. The highest BCUT2D eigenvalue weighted by molar-refractivity contribution is 5.66. The number of hydrogen-bond donors (Lipinski definition) is 2. The highest BCUT2D eigenvalue weighted by Crippen LogP contribution is 2.28. The molecule has 8 nitrogen and oxygen atoms in total. The van der Waals surface area contributed by atoms with Crippen molar-refractivity contribution < 1.29 is 0 Å². The summed E-state index contributed by atoms with van der Waals surface area (Å²) in [6.45, 7) is 6.68. The van der Waals surface area contributed by atoms with Crippen molar-refractivity contribution in [1.82, 2.24) is 19.6 Å². The van der Waals surface area contributed by atoms with Gasteiger partial charge in [-0.25, -0.2) is 0 Å². The standard InChI is InChI=1S/C27H34N8/c1-19(2)23-18-30-35-25(23)31-27(34-15-13-21(28)14-16-34)32-26(35)29-17-20-9-7-8-12-24(20)33(3)22-10-5-4-6-11-22/h4-12,18-19,21H,13-17,28H2,1-3H3,(H,29,31,32). The normalized spacial score (nSPS) is 14.6. The zero-order chi connectivity index (χ0) is 24.4. The van der Waals surface area contributed by atoms with Gasteiger partial charge in [-0.15, -0.1) is 0 Å². The average molecular weight is 471 g/mol. The molecule has 0 radical (unpaired) electrons. The third-order valence-corrected chi connectivity index (χ3v) is 6.76. The van der Waals surface area contributed by atoms with Crippen LogP contribution in [-0.4, -0.2) is 45.8 Å². The number of aromatic nitrogens is 4. The molecule has 1 aliphatic rings. The van der Waals surface area contributed by atoms with Crippen LogP contribution in [0.15, 0.2) is 60.8 Å². The quantitative estimate of drug-likeness (QED) is 0.409. The first-order valence-corrected chi connectivity index (χ1v) is 12.4. The maximum Gasteiger partial charge on any atom is 0.230 e. The minimum absolute atomic E-state index is 0.256. The Labute approximate surface area is 206 Å². The van der Waals surface area contributed by atoms with Crippen molar-refractivity contribution in [2.24, 2.45) is 5.73 Å². The first kappa shape index (κ1) is 23.1. The molecular formula is C27H34N8. The molecule has 2 aromatic carbocycles. The zero-order valence-electron chi connectivity index (χ0n) is 20.7. The molecule has 3 N–H and O–H groups in total. The van der Waals surface area contributed by atoms with Crippen molar-refractivity contribution in [1.29, 1.82) is 0 Å². The number of nitrogens with zero attached hydrogens (tertiary/aromatic N) is 6. The molecule has 0 spiro atoms. The van der Waals surface area contributed by atoms with Gasteiger partial charge in [-0.2, -0.15) is 19.6 Å². The van der Waals surface area contributed by atoms with Crippen LogP contribution < -0.4 is 20.9 Å². The van der Waals surface area contributed by atoms with Gasteiger partial charge in [0.1, 0.15) is 0 Å². The molecule has 8 heteroatoms. The van der Waals surface area contributed by atoms with Crippen molar-refractivity contribution in [3.8, 4) is 0 Å². The lowest BCUT2D eigenvalue weighted by atomic mass is 10.1. The highest BCUT2D eigenvalue weighted by atomic mass is 15.4. The predicted octanol–water partition coefficient (Wildman–Crippen LogP) is 4.56. The third-order valence-electron chi connectivity index (χ3n) is 6.76. The van der Waals surface area contributed by atoms with Crippen LogP contribution in [0.3, 0.4) is 0 Å². The van der Waals surface area contributed by atoms with E-state index >= 15 is 0 Å². The Balaban J connectivity index is 1.47. The fraction of sp³-hybridized carbons (Fsp3) is 0.370. The Morgan fingerprint density at radius 1 is 1.03 bits per heavy atom. The Morgan fingerprint density at radius 3 is 2.49 bits per heavy atom. The van der Waals surface area contributed by atoms with Crippen molar-refractivity contribution in [3.05, 3.63) is 71.9 Å². The van der Waals surface area contributed by atoms with Crippen LogP contribution >= 0.6 is 0 Å². The molecule has 1 saturated heterocycles. The molecule has 0 saturated carbocycles. The van der Waals surface area contributed by atoms with Crippen LogP contribution in [0.4, 0.5) is 23.3 Å². The lowest BCUT2D eigenvalue weighted by Gasteiger charge is -2.30. The smallest absolute Gasteiger partial charge is 0.230 e. The number of fused-ring (bicyclic) bond motifs is 1. The van der Waals surface area contributed by atoms with Crippen LogP contribution in [0.2, 0.25) is 0 Å². The van der Waals surface area contributed by atoms with Gasteiger partial charge < -0.3 is 20.9 Å². The fourth-order valence-corrected chi connectivity index (χ4v) is 4.60. The number of anilines is 4. The van der Waals surface area contributed by atoms with Gasteiger partial charge >= 0.3 is 0 Å². The number of hydrogen-bond acceptors (Lipinski definition) is 7. The second kappa shape index (κ2) is 9.92. The molecule has 0 aliphatic carbocycles. The summed E-state index contributed by atoms with van der Waals surface area (Å²) in [6, 6.07) is 19.1. The van der Waals surface area contributed by atoms with E-state index in [0.29, 0.717) is 18.4 Å². The highest BCUT2D eigenvalue weighted by Gasteiger charge is 2.22. The molecule has 0 unspecified atom stereocenters. The summed E-state index contributed by atoms with van der Waals surface area (Å²) in [5.74, 6) is 1.76. The van der Waals surface area contributed by atoms with Crippen molar-refractivity contribution in [2.45, 2.75) is 45.2 Å². The van der Waals surface area contributed by atoms with Crippen LogP contribution in [0, 0.1) is 0 Å². The van der Waals surface area contributed by atoms with Crippen LogP contribution in [-0.2, 0) is 6.54 Å². The fourth-order valence-electron chi connectivity index (χ4n) is 4.60. The lowest BCUT2D eigenvalue weighted by Crippen LogP contribution is -2.40. The summed E-state index contributed by atoms with van der Waals surface area (Å²) in [5, 5.41) is 8.20. The Bertz CT molecular complexity index is 1280. The monoisotopic (exact) mass is 470 g/mol. The molecule has 1 aliphatic heterocycles. The Hall–Kier alpha value is -3.65. The number of para-hydroxylation sites is 2. The molecule has 5 rings (SSSR count). The van der Waals surface area contributed by atoms with E-state index in [-0.39, 0.29) is 6.04 Å². The second-order valence-electron chi connectivity index (χ2n) is 9.54. The first-order valence-electron chi connectivity index (χ1n) is 12.4. The summed E-state index contributed by atoms with van der Waals surface area (Å²) in [5.41, 5.74) is 11.6. The lowest BCUT2D eigenvalue weighted by molar-refractivity contribution is 0.495. The van der Waals surface area contributed by atoms with Crippen LogP contribution in [0.5, 0.6) is 0 Å². The van der Waals surface area contributed by atoms with E-state index in [1.807, 2.05) is 16.8 Å². The van der Waals surface area contributed by atoms with Gasteiger partial charge in [0.2, 0.25) is 11.9 Å². The topological polar surface area (TPSA) is 87.6 Å². The van der Waals surface area contributed by atoms with Gasteiger partial charge in [-0.3, -0.25) is 0 Å². The predicted molar refractivity (Wildman–Crippen MR) is 143 cm³/mol. The second-order valence-corrected chi connectivity index (χ2v) is 9.54. The zero-order valence-corrected chi connectivity index (χ0v) is 20.7. The Morgan fingerprint density at radius 2 is 1.74 bits per heavy atom. The van der Waals surface area contributed by atoms with Crippen molar-refractivity contribution >= 4 is 28.9 Å². The van der Waals surface area contributed by atoms with Crippen LogP contribution in [0.1, 0.15) is 43.7 Å². The summed E-state index contributed by atoms with van der Waals surface area (Å²) in [6.07, 6.45) is 3.81. The molecule has 4 aromatic rings. The molecule has 0 bridgehead atoms. The summed E-state index contributed by atoms with van der Waals surface area (Å²) < 4.78 is 1.83. The number of nitrogens with two attached hydrogens (primary N) is 1. The van der Waals surface area contributed by atoms with Crippen molar-refractivity contribution in [3.63, 3.8) is 0 Å². The van der Waals surface area contributed by atoms with Crippen molar-refractivity contribution in [2.75, 3.05) is 35.3 Å². The minimum Gasteiger partial charge on any atom is -0.350 e. The average Bonchev–Trinajstić information content (AvgIpc) is 3.32. The third kappa shape index (κ3) is 4.79. The molecule has 1 fully saturated rings. The SMILES string of the molecule is CC(C)c1cnn2c(NCc3ccccc3N(C)c3ccccc3)nc(N3CCC(N)CC3)nc12. The van der Waals surface area contributed by atoms with Gasteiger partial charge in [0.25, 0.3) is 0 Å².